The van der Waals surface area contributed by atoms with E-state index >= 15 is 0 Å². The number of hydrogen-bond acceptors (Lipinski definition) is 3. The van der Waals surface area contributed by atoms with Crippen LogP contribution in [0, 0.1) is 18.3 Å². The van der Waals surface area contributed by atoms with E-state index in [1.54, 1.807) is 6.07 Å². The molecular weight excluding hydrogens is 316 g/mol. The van der Waals surface area contributed by atoms with Crippen molar-refractivity contribution >= 4 is 15.9 Å². The van der Waals surface area contributed by atoms with Crippen molar-refractivity contribution in [1.29, 1.82) is 5.26 Å². The van der Waals surface area contributed by atoms with Gasteiger partial charge in [-0.1, -0.05) is 12.1 Å². The Morgan fingerprint density at radius 2 is 2.05 bits per heavy atom. The van der Waals surface area contributed by atoms with Crippen molar-refractivity contribution in [1.82, 2.24) is 0 Å². The van der Waals surface area contributed by atoms with Crippen LogP contribution in [-0.2, 0) is 13.2 Å². The molecule has 2 aromatic carbocycles. The molecule has 2 rings (SSSR count). The number of halogens is 1. The van der Waals surface area contributed by atoms with E-state index in [1.807, 2.05) is 37.3 Å². The first-order valence-electron chi connectivity index (χ1n) is 6.25. The summed E-state index contributed by atoms with van der Waals surface area (Å²) in [6.07, 6.45) is 0. The summed E-state index contributed by atoms with van der Waals surface area (Å²) in [5.41, 5.74) is 9.44. The summed E-state index contributed by atoms with van der Waals surface area (Å²) in [4.78, 5) is 0. The van der Waals surface area contributed by atoms with Crippen LogP contribution in [0.3, 0.4) is 0 Å². The van der Waals surface area contributed by atoms with Crippen LogP contribution in [0.25, 0.3) is 0 Å². The van der Waals surface area contributed by atoms with Crippen LogP contribution in [0.2, 0.25) is 0 Å². The Bertz CT molecular complexity index is 662. The second kappa shape index (κ2) is 6.56. The molecule has 0 saturated carbocycles. The van der Waals surface area contributed by atoms with Gasteiger partial charge in [-0.2, -0.15) is 5.26 Å². The minimum absolute atomic E-state index is 0.470. The van der Waals surface area contributed by atoms with Gasteiger partial charge in [0.05, 0.1) is 16.1 Å². The Morgan fingerprint density at radius 3 is 2.65 bits per heavy atom. The highest BCUT2D eigenvalue weighted by Crippen LogP contribution is 2.27. The van der Waals surface area contributed by atoms with Crippen molar-refractivity contribution < 1.29 is 4.74 Å². The average Bonchev–Trinajstić information content (AvgIpc) is 2.46. The van der Waals surface area contributed by atoms with E-state index in [0.717, 1.165) is 26.9 Å². The van der Waals surface area contributed by atoms with E-state index in [0.29, 0.717) is 18.7 Å². The fourth-order valence-corrected chi connectivity index (χ4v) is 2.41. The van der Waals surface area contributed by atoms with Gasteiger partial charge in [-0.25, -0.2) is 0 Å². The van der Waals surface area contributed by atoms with Gasteiger partial charge < -0.3 is 10.5 Å². The zero-order valence-electron chi connectivity index (χ0n) is 11.2. The third kappa shape index (κ3) is 3.38. The zero-order valence-corrected chi connectivity index (χ0v) is 12.8. The van der Waals surface area contributed by atoms with Crippen LogP contribution >= 0.6 is 15.9 Å². The maximum atomic E-state index is 8.85. The fraction of sp³-hybridized carbons (Fsp3) is 0.188. The first kappa shape index (κ1) is 14.6. The molecule has 0 aliphatic heterocycles. The number of benzene rings is 2. The molecule has 0 aliphatic carbocycles. The summed E-state index contributed by atoms with van der Waals surface area (Å²) < 4.78 is 6.70. The van der Waals surface area contributed by atoms with E-state index in [-0.39, 0.29) is 0 Å². The normalized spacial score (nSPS) is 10.1. The van der Waals surface area contributed by atoms with Gasteiger partial charge in [-0.15, -0.1) is 0 Å². The molecule has 0 saturated heterocycles. The van der Waals surface area contributed by atoms with Crippen LogP contribution in [-0.4, -0.2) is 0 Å². The quantitative estimate of drug-likeness (QED) is 0.930. The zero-order chi connectivity index (χ0) is 14.5. The number of nitrogens with two attached hydrogens (primary N) is 1. The van der Waals surface area contributed by atoms with Gasteiger partial charge in [-0.05, 0) is 63.8 Å². The molecule has 20 heavy (non-hydrogen) atoms. The van der Waals surface area contributed by atoms with Gasteiger partial charge in [0, 0.05) is 6.54 Å². The molecule has 0 fully saturated rings. The number of nitriles is 1. The number of ether oxygens (including phenoxy) is 1. The van der Waals surface area contributed by atoms with E-state index in [4.69, 9.17) is 15.7 Å². The molecule has 0 atom stereocenters. The third-order valence-corrected chi connectivity index (χ3v) is 3.71. The summed E-state index contributed by atoms with van der Waals surface area (Å²) in [5.74, 6) is 0.783. The fourth-order valence-electron chi connectivity index (χ4n) is 1.87. The monoisotopic (exact) mass is 330 g/mol. The smallest absolute Gasteiger partial charge is 0.134 e. The molecular formula is C16H15BrN2O. The van der Waals surface area contributed by atoms with Crippen molar-refractivity contribution in [2.45, 2.75) is 20.1 Å². The summed E-state index contributed by atoms with van der Waals surface area (Å²) in [7, 11) is 0. The van der Waals surface area contributed by atoms with Crippen molar-refractivity contribution in [3.63, 3.8) is 0 Å². The summed E-state index contributed by atoms with van der Waals surface area (Å²) in [6, 6.07) is 13.5. The van der Waals surface area contributed by atoms with Gasteiger partial charge in [-0.3, -0.25) is 0 Å². The maximum absolute atomic E-state index is 8.85. The van der Waals surface area contributed by atoms with Gasteiger partial charge in [0.15, 0.2) is 0 Å². The summed E-state index contributed by atoms with van der Waals surface area (Å²) in [5, 5.41) is 8.85. The lowest BCUT2D eigenvalue weighted by molar-refractivity contribution is 0.303. The first-order chi connectivity index (χ1) is 9.63. The lowest BCUT2D eigenvalue weighted by Gasteiger charge is -2.11. The van der Waals surface area contributed by atoms with Crippen LogP contribution in [0.4, 0.5) is 0 Å². The Kier molecular flexibility index (Phi) is 4.78. The molecule has 0 spiro atoms. The van der Waals surface area contributed by atoms with E-state index < -0.39 is 0 Å². The van der Waals surface area contributed by atoms with Crippen molar-refractivity contribution in [3.05, 3.63) is 63.1 Å². The first-order valence-corrected chi connectivity index (χ1v) is 7.04. The lowest BCUT2D eigenvalue weighted by atomic mass is 10.1. The van der Waals surface area contributed by atoms with Crippen molar-refractivity contribution in [2.24, 2.45) is 5.73 Å². The van der Waals surface area contributed by atoms with Gasteiger partial charge in [0.1, 0.15) is 12.4 Å². The molecule has 0 unspecified atom stereocenters. The molecule has 2 N–H and O–H groups in total. The second-order valence-corrected chi connectivity index (χ2v) is 5.36. The highest BCUT2D eigenvalue weighted by atomic mass is 79.9. The molecule has 0 radical (unpaired) electrons. The molecule has 2 aromatic rings. The second-order valence-electron chi connectivity index (χ2n) is 4.51. The molecule has 3 nitrogen and oxygen atoms in total. The van der Waals surface area contributed by atoms with E-state index in [9.17, 15) is 0 Å². The SMILES string of the molecule is Cc1cc(C#N)ccc1COc1ccc(CN)cc1Br. The van der Waals surface area contributed by atoms with Crippen LogP contribution in [0.5, 0.6) is 5.75 Å². The van der Waals surface area contributed by atoms with Gasteiger partial charge in [0.2, 0.25) is 0 Å². The highest BCUT2D eigenvalue weighted by molar-refractivity contribution is 9.10. The molecule has 0 heterocycles. The van der Waals surface area contributed by atoms with E-state index in [1.165, 1.54) is 0 Å². The number of hydrogen-bond donors (Lipinski definition) is 1. The van der Waals surface area contributed by atoms with Gasteiger partial charge in [0.25, 0.3) is 0 Å². The molecule has 4 heteroatoms. The summed E-state index contributed by atoms with van der Waals surface area (Å²) in [6.45, 7) is 2.96. The Balaban J connectivity index is 2.11. The molecule has 102 valence electrons. The van der Waals surface area contributed by atoms with Crippen LogP contribution in [0.1, 0.15) is 22.3 Å². The standard InChI is InChI=1S/C16H15BrN2O/c1-11-6-12(8-18)2-4-14(11)10-20-16-5-3-13(9-19)7-15(16)17/h2-7H,9-10,19H2,1H3. The largest absolute Gasteiger partial charge is 0.488 e. The highest BCUT2D eigenvalue weighted by Gasteiger charge is 2.05. The third-order valence-electron chi connectivity index (χ3n) is 3.09. The predicted molar refractivity (Wildman–Crippen MR) is 82.3 cm³/mol. The average molecular weight is 331 g/mol. The minimum Gasteiger partial charge on any atom is -0.488 e. The molecule has 0 aromatic heterocycles. The molecule has 0 bridgehead atoms. The van der Waals surface area contributed by atoms with Crippen molar-refractivity contribution in [3.8, 4) is 11.8 Å². The van der Waals surface area contributed by atoms with Crippen molar-refractivity contribution in [2.75, 3.05) is 0 Å². The molecule has 0 amide bonds. The Labute approximate surface area is 127 Å². The predicted octanol–water partition coefficient (Wildman–Crippen LogP) is 3.67. The summed E-state index contributed by atoms with van der Waals surface area (Å²) >= 11 is 3.48. The van der Waals surface area contributed by atoms with Crippen LogP contribution < -0.4 is 10.5 Å². The topological polar surface area (TPSA) is 59.0 Å². The van der Waals surface area contributed by atoms with Crippen LogP contribution in [0.15, 0.2) is 40.9 Å². The number of nitrogens with zero attached hydrogens (tertiary/aromatic N) is 1. The number of rotatable bonds is 4. The Morgan fingerprint density at radius 1 is 1.25 bits per heavy atom. The molecule has 0 aliphatic rings. The van der Waals surface area contributed by atoms with Gasteiger partial charge >= 0.3 is 0 Å². The minimum atomic E-state index is 0.470. The number of aryl methyl sites for hydroxylation is 1. The Hall–Kier alpha value is -1.83. The maximum Gasteiger partial charge on any atom is 0.134 e. The van der Waals surface area contributed by atoms with E-state index in [2.05, 4.69) is 22.0 Å². The lowest BCUT2D eigenvalue weighted by Crippen LogP contribution is -2.00.